The molecule has 0 amide bonds. The van der Waals surface area contributed by atoms with E-state index in [0.29, 0.717) is 116 Å². The molecule has 2 N–H and O–H groups in total. The first-order valence-electron chi connectivity index (χ1n) is 25.0. The van der Waals surface area contributed by atoms with Crippen molar-refractivity contribution in [3.8, 4) is 21.5 Å². The minimum absolute atomic E-state index is 0.00260. The number of carboxylic acid groups (broad SMARTS) is 2. The third-order valence-corrected chi connectivity index (χ3v) is 17.4. The lowest BCUT2D eigenvalue weighted by atomic mass is 10.1. The molecule has 2 aromatic carbocycles. The van der Waals surface area contributed by atoms with Gasteiger partial charge in [0.05, 0.1) is 58.2 Å². The van der Waals surface area contributed by atoms with Gasteiger partial charge in [0.25, 0.3) is 11.1 Å². The second-order valence-electron chi connectivity index (χ2n) is 19.9. The Hall–Kier alpha value is -6.50. The van der Waals surface area contributed by atoms with E-state index in [4.69, 9.17) is 51.0 Å². The summed E-state index contributed by atoms with van der Waals surface area (Å²) in [4.78, 5) is 90.3. The van der Waals surface area contributed by atoms with E-state index in [1.807, 2.05) is 36.4 Å². The zero-order valence-corrected chi connectivity index (χ0v) is 46.5. The number of ether oxygens (including phenoxy) is 4. The van der Waals surface area contributed by atoms with Crippen LogP contribution in [0.25, 0.3) is 42.0 Å². The zero-order valence-electron chi connectivity index (χ0n) is 43.4. The predicted molar refractivity (Wildman–Crippen MR) is 293 cm³/mol. The van der Waals surface area contributed by atoms with Crippen molar-refractivity contribution < 1.29 is 47.6 Å². The molecule has 0 saturated carbocycles. The minimum atomic E-state index is -1.82. The van der Waals surface area contributed by atoms with Gasteiger partial charge in [-0.15, -0.1) is 22.7 Å². The van der Waals surface area contributed by atoms with E-state index in [1.54, 1.807) is 26.0 Å². The number of aromatic nitrogens is 6. The predicted octanol–water partition coefficient (Wildman–Crippen LogP) is 9.20. The molecule has 0 bridgehead atoms. The van der Waals surface area contributed by atoms with E-state index < -0.39 is 57.7 Å². The van der Waals surface area contributed by atoms with Gasteiger partial charge in [0.15, 0.2) is 0 Å². The number of carbonyl (C=O) groups is 2. The van der Waals surface area contributed by atoms with Crippen LogP contribution in [0.15, 0.2) is 101 Å². The van der Waals surface area contributed by atoms with Crippen LogP contribution in [0.5, 0.6) is 0 Å². The fourth-order valence-corrected chi connectivity index (χ4v) is 12.6. The highest BCUT2D eigenvalue weighted by atomic mass is 35.5. The maximum atomic E-state index is 14.0. The maximum Gasteiger partial charge on any atom is 0.333 e. The summed E-state index contributed by atoms with van der Waals surface area (Å²) in [5.74, 6) is -2.02. The molecule has 2 aliphatic rings. The number of fused-ring (bicyclic) bond motifs is 2. The second-order valence-corrected chi connectivity index (χ2v) is 22.7. The van der Waals surface area contributed by atoms with Gasteiger partial charge in [-0.2, -0.15) is 0 Å². The molecule has 8 aromatic rings. The Morgan fingerprint density at radius 1 is 0.641 bits per heavy atom. The molecule has 2 atom stereocenters. The van der Waals surface area contributed by atoms with Crippen molar-refractivity contribution in [1.29, 1.82) is 0 Å². The summed E-state index contributed by atoms with van der Waals surface area (Å²) < 4.78 is 39.4. The highest BCUT2D eigenvalue weighted by Crippen LogP contribution is 2.40. The summed E-state index contributed by atoms with van der Waals surface area (Å²) in [6.45, 7) is 11.0. The first-order chi connectivity index (χ1) is 37.2. The molecule has 0 aliphatic carbocycles. The van der Waals surface area contributed by atoms with Gasteiger partial charge < -0.3 is 38.0 Å². The van der Waals surface area contributed by atoms with Crippen LogP contribution >= 0.6 is 45.9 Å². The largest absolute Gasteiger partial charge is 0.480 e. The Morgan fingerprint density at radius 2 is 1.00 bits per heavy atom. The Bertz CT molecular complexity index is 3510. The van der Waals surface area contributed by atoms with Gasteiger partial charge in [0, 0.05) is 47.6 Å². The lowest BCUT2D eigenvalue weighted by Gasteiger charge is -2.30. The van der Waals surface area contributed by atoms with Gasteiger partial charge in [0.1, 0.15) is 45.5 Å². The summed E-state index contributed by atoms with van der Waals surface area (Å²) in [5.41, 5.74) is -4.07. The average molecular weight is 1150 g/mol. The molecule has 2 aliphatic heterocycles. The van der Waals surface area contributed by atoms with Gasteiger partial charge in [-0.05, 0) is 90.5 Å². The molecule has 78 heavy (non-hydrogen) atoms. The summed E-state index contributed by atoms with van der Waals surface area (Å²) in [5, 5.41) is 21.3. The van der Waals surface area contributed by atoms with Crippen molar-refractivity contribution in [2.45, 2.75) is 116 Å². The standard InChI is InChI=1S/2C27H28ClN3O7S/c2*1-15-20-23(32)31(27(2,3)25(33)34)26(35)30(24(20)39-21(15)22-29-10-13-37-22)14-19(17-6-4-5-7-18(17)28)38-16-8-11-36-12-9-16/h2*4-7,10,13,16,19H,8-9,11-12,14H2,1-3H3,(H,33,34)/t2*19-/m10/s1. The van der Waals surface area contributed by atoms with Gasteiger partial charge in [0.2, 0.25) is 11.8 Å². The number of aryl methyl sites for hydroxylation is 2. The monoisotopic (exact) mass is 1150 g/mol. The van der Waals surface area contributed by atoms with Crippen molar-refractivity contribution in [3.63, 3.8) is 0 Å². The van der Waals surface area contributed by atoms with Crippen LogP contribution in [0.3, 0.4) is 0 Å². The lowest BCUT2D eigenvalue weighted by molar-refractivity contribution is -0.146. The van der Waals surface area contributed by atoms with Crippen molar-refractivity contribution in [1.82, 2.24) is 28.2 Å². The number of aliphatic carboxylic acids is 2. The van der Waals surface area contributed by atoms with E-state index in [9.17, 15) is 39.0 Å². The number of carboxylic acids is 2. The van der Waals surface area contributed by atoms with Crippen molar-refractivity contribution in [2.75, 3.05) is 26.4 Å². The van der Waals surface area contributed by atoms with Crippen molar-refractivity contribution in [3.05, 3.63) is 147 Å². The fourth-order valence-electron chi connectivity index (χ4n) is 9.59. The Labute approximate surface area is 462 Å². The fraction of sp³-hybridized carbons (Fsp3) is 0.407. The molecule has 24 heteroatoms. The molecule has 6 aromatic heterocycles. The summed E-state index contributed by atoms with van der Waals surface area (Å²) >= 11 is 15.5. The summed E-state index contributed by atoms with van der Waals surface area (Å²) in [6.07, 6.45) is 7.00. The third-order valence-electron chi connectivity index (χ3n) is 14.1. The molecule has 8 heterocycles. The van der Waals surface area contributed by atoms with Crippen LogP contribution in [0.2, 0.25) is 10.0 Å². The average Bonchev–Trinajstić information content (AvgIpc) is 4.40. The normalized spacial score (nSPS) is 15.6. The number of nitrogens with zero attached hydrogens (tertiary/aromatic N) is 6. The molecule has 0 spiro atoms. The van der Waals surface area contributed by atoms with Gasteiger partial charge in [-0.25, -0.2) is 38.3 Å². The summed E-state index contributed by atoms with van der Waals surface area (Å²) in [7, 11) is 0. The Morgan fingerprint density at radius 3 is 1.32 bits per heavy atom. The van der Waals surface area contributed by atoms with Crippen LogP contribution in [0.1, 0.15) is 87.8 Å². The number of thiophene rings is 2. The number of hydrogen-bond acceptors (Lipinski definition) is 16. The van der Waals surface area contributed by atoms with E-state index in [-0.39, 0.29) is 36.1 Å². The lowest BCUT2D eigenvalue weighted by Crippen LogP contribution is -2.52. The minimum Gasteiger partial charge on any atom is -0.480 e. The van der Waals surface area contributed by atoms with Crippen molar-refractivity contribution >= 4 is 78.2 Å². The number of rotatable bonds is 16. The Kier molecular flexibility index (Phi) is 16.6. The molecule has 0 radical (unpaired) electrons. The van der Waals surface area contributed by atoms with Crippen LogP contribution in [-0.4, -0.2) is 89.0 Å². The first kappa shape index (κ1) is 56.2. The number of hydrogen-bond donors (Lipinski definition) is 2. The smallest absolute Gasteiger partial charge is 0.333 e. The van der Waals surface area contributed by atoms with E-state index in [1.165, 1.54) is 84.4 Å². The number of benzene rings is 2. The number of halogens is 2. The van der Waals surface area contributed by atoms with Gasteiger partial charge >= 0.3 is 23.3 Å². The topological polar surface area (TPSA) is 252 Å². The quantitative estimate of drug-likeness (QED) is 0.0914. The van der Waals surface area contributed by atoms with Crippen LogP contribution in [0.4, 0.5) is 0 Å². The highest BCUT2D eigenvalue weighted by molar-refractivity contribution is 7.22. The molecule has 412 valence electrons. The molecule has 2 saturated heterocycles. The molecular formula is C54H56Cl2N6O14S2. The first-order valence-corrected chi connectivity index (χ1v) is 27.4. The molecule has 2 fully saturated rings. The Balaban J connectivity index is 0.000000190. The molecular weight excluding hydrogens is 1090 g/mol. The molecule has 10 rings (SSSR count). The van der Waals surface area contributed by atoms with E-state index in [2.05, 4.69) is 9.97 Å². The highest BCUT2D eigenvalue weighted by Gasteiger charge is 2.38. The van der Waals surface area contributed by atoms with Crippen molar-refractivity contribution in [2.24, 2.45) is 0 Å². The zero-order chi connectivity index (χ0) is 55.8. The van der Waals surface area contributed by atoms with Crippen LogP contribution in [-0.2, 0) is 52.7 Å². The SMILES string of the molecule is Cc1c(-c2ncco2)sc2c1c(=O)n(C(C)(C)C(=O)O)c(=O)n2C[C@@H](OC1CCOCC1)c1ccccc1Cl.Cc1c(-c2ncco2)sc2c1c(=O)n(C(C)(C)C(=O)O)c(=O)n2C[C@H](OC1CCOCC1)c1ccccc1Cl. The molecule has 0 unspecified atom stereocenters. The maximum absolute atomic E-state index is 14.0. The van der Waals surface area contributed by atoms with Crippen LogP contribution in [0, 0.1) is 13.8 Å². The van der Waals surface area contributed by atoms with Gasteiger partial charge in [-0.1, -0.05) is 59.6 Å². The summed E-state index contributed by atoms with van der Waals surface area (Å²) in [6, 6.07) is 14.5. The number of oxazole rings is 2. The molecule has 20 nitrogen and oxygen atoms in total. The van der Waals surface area contributed by atoms with Gasteiger partial charge in [-0.3, -0.25) is 18.7 Å². The third kappa shape index (κ3) is 10.8. The van der Waals surface area contributed by atoms with Crippen LogP contribution < -0.4 is 22.5 Å². The second kappa shape index (κ2) is 23.1. The van der Waals surface area contributed by atoms with E-state index >= 15 is 0 Å². The van der Waals surface area contributed by atoms with E-state index in [0.717, 1.165) is 9.13 Å².